The van der Waals surface area contributed by atoms with E-state index < -0.39 is 12.1 Å². The summed E-state index contributed by atoms with van der Waals surface area (Å²) < 4.78 is 4.79. The van der Waals surface area contributed by atoms with Gasteiger partial charge in [0.25, 0.3) is 0 Å². The molecule has 22 heavy (non-hydrogen) atoms. The van der Waals surface area contributed by atoms with Gasteiger partial charge >= 0.3 is 5.97 Å². The number of aliphatic hydroxyl groups is 1. The van der Waals surface area contributed by atoms with E-state index in [1.165, 1.54) is 64.2 Å². The number of esters is 1. The van der Waals surface area contributed by atoms with Gasteiger partial charge in [0.15, 0.2) is 0 Å². The molecule has 0 unspecified atom stereocenters. The lowest BCUT2D eigenvalue weighted by Crippen LogP contribution is -2.07. The molecule has 1 N–H and O–H groups in total. The quantitative estimate of drug-likeness (QED) is 0.312. The van der Waals surface area contributed by atoms with Gasteiger partial charge in [-0.1, -0.05) is 83.8 Å². The second-order valence-corrected chi connectivity index (χ2v) is 6.24. The number of allylic oxidation sites excluding steroid dienone is 1. The molecule has 3 nitrogen and oxygen atoms in total. The van der Waals surface area contributed by atoms with Crippen LogP contribution in [0.4, 0.5) is 0 Å². The Kier molecular flexibility index (Phi) is 9.89. The minimum Gasteiger partial charge on any atom is -0.425 e. The molecule has 1 aliphatic heterocycles. The molecule has 1 saturated heterocycles. The molecule has 0 aromatic rings. The van der Waals surface area contributed by atoms with Crippen LogP contribution in [0.15, 0.2) is 24.0 Å². The number of rotatable bonds is 12. The fourth-order valence-corrected chi connectivity index (χ4v) is 2.78. The summed E-state index contributed by atoms with van der Waals surface area (Å²) >= 11 is 0. The fraction of sp³-hybridized carbons (Fsp3) is 0.737. The summed E-state index contributed by atoms with van der Waals surface area (Å²) in [6.45, 7) is 5.76. The van der Waals surface area contributed by atoms with Crippen molar-refractivity contribution < 1.29 is 14.6 Å². The number of carbonyl (C=O) groups excluding carboxylic acids is 1. The van der Waals surface area contributed by atoms with Gasteiger partial charge < -0.3 is 9.84 Å². The van der Waals surface area contributed by atoms with E-state index in [1.54, 1.807) is 6.08 Å². The third-order valence-corrected chi connectivity index (χ3v) is 4.23. The van der Waals surface area contributed by atoms with E-state index in [2.05, 4.69) is 13.5 Å². The standard InChI is InChI=1S/C19H32O3/c1-3-4-5-6-7-8-9-10-11-12-13-14-15-17-18(20)16(2)22-19(17)21/h15,18,20H,2-14H2,1H3/b17-15+/t18-/m0/s1. The highest BCUT2D eigenvalue weighted by atomic mass is 16.6. The maximum absolute atomic E-state index is 11.4. The Bertz CT molecular complexity index is 371. The molecule has 0 amide bonds. The second-order valence-electron chi connectivity index (χ2n) is 6.24. The molecule has 1 aliphatic rings. The van der Waals surface area contributed by atoms with Gasteiger partial charge in [-0.05, 0) is 12.8 Å². The lowest BCUT2D eigenvalue weighted by molar-refractivity contribution is -0.132. The smallest absolute Gasteiger partial charge is 0.341 e. The van der Waals surface area contributed by atoms with Crippen LogP contribution in [0, 0.1) is 0 Å². The van der Waals surface area contributed by atoms with Gasteiger partial charge in [0, 0.05) is 0 Å². The maximum Gasteiger partial charge on any atom is 0.341 e. The van der Waals surface area contributed by atoms with E-state index >= 15 is 0 Å². The molecule has 1 atom stereocenters. The first-order valence-corrected chi connectivity index (χ1v) is 8.96. The molecule has 1 fully saturated rings. The van der Waals surface area contributed by atoms with E-state index in [0.29, 0.717) is 5.57 Å². The Hall–Kier alpha value is -1.09. The zero-order valence-electron chi connectivity index (χ0n) is 14.1. The Morgan fingerprint density at radius 2 is 1.50 bits per heavy atom. The van der Waals surface area contributed by atoms with Gasteiger partial charge in [-0.2, -0.15) is 0 Å². The van der Waals surface area contributed by atoms with Gasteiger partial charge in [0.1, 0.15) is 11.9 Å². The van der Waals surface area contributed by atoms with Crippen LogP contribution in [0.25, 0.3) is 0 Å². The highest BCUT2D eigenvalue weighted by molar-refractivity contribution is 5.93. The molecule has 3 heteroatoms. The van der Waals surface area contributed by atoms with Crippen molar-refractivity contribution >= 4 is 5.97 Å². The average Bonchev–Trinajstić information content (AvgIpc) is 2.74. The first kappa shape index (κ1) is 19.0. The van der Waals surface area contributed by atoms with Gasteiger partial charge in [-0.25, -0.2) is 4.79 Å². The predicted molar refractivity (Wildman–Crippen MR) is 90.4 cm³/mol. The summed E-state index contributed by atoms with van der Waals surface area (Å²) in [7, 11) is 0. The molecule has 1 heterocycles. The van der Waals surface area contributed by atoms with Crippen LogP contribution in [-0.4, -0.2) is 17.2 Å². The number of aliphatic hydroxyl groups excluding tert-OH is 1. The van der Waals surface area contributed by atoms with E-state index in [9.17, 15) is 9.90 Å². The van der Waals surface area contributed by atoms with Crippen LogP contribution in [0.3, 0.4) is 0 Å². The van der Waals surface area contributed by atoms with Crippen molar-refractivity contribution in [3.8, 4) is 0 Å². The topological polar surface area (TPSA) is 46.5 Å². The van der Waals surface area contributed by atoms with Crippen LogP contribution < -0.4 is 0 Å². The second kappa shape index (κ2) is 11.5. The number of hydrogen-bond donors (Lipinski definition) is 1. The molecule has 126 valence electrons. The summed E-state index contributed by atoms with van der Waals surface area (Å²) in [6.07, 6.45) is 16.1. The van der Waals surface area contributed by atoms with Crippen molar-refractivity contribution in [3.63, 3.8) is 0 Å². The number of carbonyl (C=O) groups is 1. The highest BCUT2D eigenvalue weighted by Crippen LogP contribution is 2.23. The first-order valence-electron chi connectivity index (χ1n) is 8.96. The first-order chi connectivity index (χ1) is 10.7. The molecule has 0 bridgehead atoms. The van der Waals surface area contributed by atoms with Crippen molar-refractivity contribution in [2.45, 2.75) is 90.1 Å². The SMILES string of the molecule is C=C1OC(=O)/C(=C/CCCCCCCCCCCCC)[C@H]1O. The van der Waals surface area contributed by atoms with Crippen LogP contribution in [-0.2, 0) is 9.53 Å². The van der Waals surface area contributed by atoms with Crippen molar-refractivity contribution in [1.29, 1.82) is 0 Å². The van der Waals surface area contributed by atoms with Gasteiger partial charge in [-0.15, -0.1) is 0 Å². The van der Waals surface area contributed by atoms with Crippen LogP contribution in [0.5, 0.6) is 0 Å². The molecular weight excluding hydrogens is 276 g/mol. The van der Waals surface area contributed by atoms with Gasteiger partial charge in [0.05, 0.1) is 5.57 Å². The van der Waals surface area contributed by atoms with E-state index in [-0.39, 0.29) is 5.76 Å². The van der Waals surface area contributed by atoms with Gasteiger partial charge in [-0.3, -0.25) is 0 Å². The summed E-state index contributed by atoms with van der Waals surface area (Å²) in [4.78, 5) is 11.4. The van der Waals surface area contributed by atoms with E-state index in [0.717, 1.165) is 12.8 Å². The monoisotopic (exact) mass is 308 g/mol. The number of hydrogen-bond acceptors (Lipinski definition) is 3. The largest absolute Gasteiger partial charge is 0.425 e. The average molecular weight is 308 g/mol. The van der Waals surface area contributed by atoms with Crippen molar-refractivity contribution in [2.75, 3.05) is 0 Å². The molecule has 0 aromatic heterocycles. The molecule has 0 spiro atoms. The summed E-state index contributed by atoms with van der Waals surface area (Å²) in [5.41, 5.74) is 0.358. The Labute approximate surface area is 135 Å². The Morgan fingerprint density at radius 3 is 1.95 bits per heavy atom. The third kappa shape index (κ3) is 7.26. The van der Waals surface area contributed by atoms with Crippen molar-refractivity contribution in [1.82, 2.24) is 0 Å². The highest BCUT2D eigenvalue weighted by Gasteiger charge is 2.32. The van der Waals surface area contributed by atoms with Crippen LogP contribution in [0.1, 0.15) is 84.0 Å². The van der Waals surface area contributed by atoms with E-state index in [4.69, 9.17) is 4.74 Å². The fourth-order valence-electron chi connectivity index (χ4n) is 2.78. The lowest BCUT2D eigenvalue weighted by atomic mass is 10.0. The number of ether oxygens (including phenoxy) is 1. The van der Waals surface area contributed by atoms with E-state index in [1.807, 2.05) is 0 Å². The zero-order valence-corrected chi connectivity index (χ0v) is 14.1. The zero-order chi connectivity index (χ0) is 16.2. The summed E-state index contributed by atoms with van der Waals surface area (Å²) in [5, 5.41) is 9.69. The Morgan fingerprint density at radius 1 is 1.00 bits per heavy atom. The molecule has 1 rings (SSSR count). The molecule has 0 saturated carbocycles. The minimum atomic E-state index is -0.930. The van der Waals surface area contributed by atoms with Crippen LogP contribution >= 0.6 is 0 Å². The minimum absolute atomic E-state index is 0.148. The molecule has 0 aliphatic carbocycles. The number of unbranched alkanes of at least 4 members (excludes halogenated alkanes) is 11. The molecular formula is C19H32O3. The predicted octanol–water partition coefficient (Wildman–Crippen LogP) is 5.05. The third-order valence-electron chi connectivity index (χ3n) is 4.23. The van der Waals surface area contributed by atoms with Gasteiger partial charge in [0.2, 0.25) is 0 Å². The lowest BCUT2D eigenvalue weighted by Gasteiger charge is -2.02. The van der Waals surface area contributed by atoms with Crippen molar-refractivity contribution in [2.24, 2.45) is 0 Å². The molecule has 0 radical (unpaired) electrons. The summed E-state index contributed by atoms with van der Waals surface area (Å²) in [5.74, 6) is -0.296. The van der Waals surface area contributed by atoms with Crippen molar-refractivity contribution in [3.05, 3.63) is 24.0 Å². The molecule has 0 aromatic carbocycles. The maximum atomic E-state index is 11.4. The Balaban J connectivity index is 1.94. The normalized spacial score (nSPS) is 19.9. The number of cyclic esters (lactones) is 1. The summed E-state index contributed by atoms with van der Waals surface area (Å²) in [6, 6.07) is 0. The van der Waals surface area contributed by atoms with Crippen LogP contribution in [0.2, 0.25) is 0 Å².